The van der Waals surface area contributed by atoms with E-state index in [1.54, 1.807) is 13.3 Å². The summed E-state index contributed by atoms with van der Waals surface area (Å²) in [6.07, 6.45) is -1.05. The standard InChI is InChI=1S/C29H30F3N5O2S/c1-36-11-7-22(18-36)35-27(38)28(21-3-5-24(34-17-21)23-8-14-40-26(23)39-2)9-12-37(13-10-28)25-6-4-20(29(30,31)32)15-19(25)16-33/h3-6,8,14-15,17,22H,7,9-13,18H2,1-2H3,(H,35,38)/t22-/m1/s1. The lowest BCUT2D eigenvalue weighted by Gasteiger charge is -2.42. The number of rotatable bonds is 6. The normalized spacial score (nSPS) is 19.3. The molecule has 1 atom stereocenters. The van der Waals surface area contributed by atoms with Crippen LogP contribution in [0.3, 0.4) is 0 Å². The predicted octanol–water partition coefficient (Wildman–Crippen LogP) is 5.07. The summed E-state index contributed by atoms with van der Waals surface area (Å²) >= 11 is 1.48. The van der Waals surface area contributed by atoms with Crippen LogP contribution in [0.4, 0.5) is 18.9 Å². The third-order valence-corrected chi connectivity index (χ3v) is 8.84. The summed E-state index contributed by atoms with van der Waals surface area (Å²) in [6.45, 7) is 2.49. The number of anilines is 1. The predicted molar refractivity (Wildman–Crippen MR) is 147 cm³/mol. The van der Waals surface area contributed by atoms with Gasteiger partial charge < -0.3 is 19.9 Å². The van der Waals surface area contributed by atoms with Gasteiger partial charge in [0.05, 0.1) is 40.6 Å². The summed E-state index contributed by atoms with van der Waals surface area (Å²) in [7, 11) is 3.64. The molecule has 1 aromatic carbocycles. The van der Waals surface area contributed by atoms with Crippen molar-refractivity contribution in [2.45, 2.75) is 36.9 Å². The van der Waals surface area contributed by atoms with Crippen molar-refractivity contribution in [1.29, 1.82) is 5.26 Å². The van der Waals surface area contributed by atoms with Gasteiger partial charge in [0.1, 0.15) is 6.07 Å². The Morgan fingerprint density at radius 2 is 1.98 bits per heavy atom. The lowest BCUT2D eigenvalue weighted by atomic mass is 9.72. The lowest BCUT2D eigenvalue weighted by molar-refractivity contribution is -0.137. The number of aromatic nitrogens is 1. The fourth-order valence-electron chi connectivity index (χ4n) is 5.71. The van der Waals surface area contributed by atoms with E-state index in [1.807, 2.05) is 41.6 Å². The number of nitrogens with zero attached hydrogens (tertiary/aromatic N) is 4. The summed E-state index contributed by atoms with van der Waals surface area (Å²) in [5.74, 6) is -0.0666. The molecule has 11 heteroatoms. The quantitative estimate of drug-likeness (QED) is 0.447. The van der Waals surface area contributed by atoms with Gasteiger partial charge in [0.25, 0.3) is 0 Å². The van der Waals surface area contributed by atoms with Crippen molar-refractivity contribution in [2.75, 3.05) is 45.2 Å². The lowest BCUT2D eigenvalue weighted by Crippen LogP contribution is -2.54. The van der Waals surface area contributed by atoms with Crippen LogP contribution in [0.2, 0.25) is 0 Å². The van der Waals surface area contributed by atoms with Crippen molar-refractivity contribution in [3.05, 3.63) is 64.7 Å². The molecule has 2 aromatic heterocycles. The molecular weight excluding hydrogens is 539 g/mol. The van der Waals surface area contributed by atoms with E-state index < -0.39 is 17.2 Å². The van der Waals surface area contributed by atoms with Gasteiger partial charge in [-0.3, -0.25) is 9.78 Å². The van der Waals surface area contributed by atoms with E-state index in [1.165, 1.54) is 17.4 Å². The molecule has 5 rings (SSSR count). The van der Waals surface area contributed by atoms with Crippen molar-refractivity contribution in [2.24, 2.45) is 0 Å². The van der Waals surface area contributed by atoms with Crippen LogP contribution in [-0.2, 0) is 16.4 Å². The monoisotopic (exact) mass is 569 g/mol. The highest BCUT2D eigenvalue weighted by Gasteiger charge is 2.44. The SMILES string of the molecule is COc1sccc1-c1ccc(C2(C(=O)N[C@@H]3CCN(C)C3)CCN(c3ccc(C(F)(F)F)cc3C#N)CC2)cn1. The number of benzene rings is 1. The van der Waals surface area contributed by atoms with Crippen molar-refractivity contribution in [1.82, 2.24) is 15.2 Å². The van der Waals surface area contributed by atoms with Gasteiger partial charge in [0.15, 0.2) is 5.06 Å². The Morgan fingerprint density at radius 3 is 2.58 bits per heavy atom. The average Bonchev–Trinajstić information content (AvgIpc) is 3.61. The zero-order chi connectivity index (χ0) is 28.5. The van der Waals surface area contributed by atoms with Gasteiger partial charge in [-0.1, -0.05) is 6.07 Å². The molecule has 1 amide bonds. The number of nitrogens with one attached hydrogen (secondary N) is 1. The largest absolute Gasteiger partial charge is 0.487 e. The van der Waals surface area contributed by atoms with Crippen molar-refractivity contribution in [3.8, 4) is 22.4 Å². The highest BCUT2D eigenvalue weighted by molar-refractivity contribution is 7.12. The fraction of sp³-hybridized carbons (Fsp3) is 0.414. The number of piperidine rings is 1. The van der Waals surface area contributed by atoms with Gasteiger partial charge in [-0.15, -0.1) is 11.3 Å². The van der Waals surface area contributed by atoms with Gasteiger partial charge in [0.2, 0.25) is 5.91 Å². The Kier molecular flexibility index (Phi) is 7.75. The number of carbonyl (C=O) groups is 1. The molecule has 2 aliphatic rings. The number of pyridine rings is 1. The Bertz CT molecular complexity index is 1410. The van der Waals surface area contributed by atoms with Crippen LogP contribution >= 0.6 is 11.3 Å². The second kappa shape index (κ2) is 11.1. The van der Waals surface area contributed by atoms with Crippen LogP contribution in [0.25, 0.3) is 11.3 Å². The highest BCUT2D eigenvalue weighted by Crippen LogP contribution is 2.41. The maximum atomic E-state index is 13.9. The summed E-state index contributed by atoms with van der Waals surface area (Å²) < 4.78 is 45.1. The topological polar surface area (TPSA) is 81.5 Å². The number of alkyl halides is 3. The van der Waals surface area contributed by atoms with E-state index in [0.717, 1.165) is 53.5 Å². The summed E-state index contributed by atoms with van der Waals surface area (Å²) in [4.78, 5) is 22.7. The van der Waals surface area contributed by atoms with E-state index in [0.29, 0.717) is 31.6 Å². The first-order chi connectivity index (χ1) is 19.1. The maximum absolute atomic E-state index is 13.9. The Balaban J connectivity index is 1.43. The van der Waals surface area contributed by atoms with Crippen LogP contribution in [0.15, 0.2) is 48.0 Å². The minimum absolute atomic E-state index is 0.0310. The third kappa shape index (κ3) is 5.38. The molecule has 2 saturated heterocycles. The smallest absolute Gasteiger partial charge is 0.416 e. The number of carbonyl (C=O) groups excluding carboxylic acids is 1. The fourth-order valence-corrected chi connectivity index (χ4v) is 6.43. The molecule has 0 aliphatic carbocycles. The molecule has 2 aliphatic heterocycles. The first-order valence-corrected chi connectivity index (χ1v) is 14.0. The second-order valence-corrected chi connectivity index (χ2v) is 11.3. The number of hydrogen-bond acceptors (Lipinski definition) is 7. The van der Waals surface area contributed by atoms with Crippen LogP contribution in [0.1, 0.15) is 36.0 Å². The van der Waals surface area contributed by atoms with E-state index >= 15 is 0 Å². The minimum Gasteiger partial charge on any atom is -0.487 e. The molecule has 2 fully saturated rings. The molecule has 40 heavy (non-hydrogen) atoms. The number of amides is 1. The Labute approximate surface area is 235 Å². The van der Waals surface area contributed by atoms with Gasteiger partial charge in [0, 0.05) is 31.9 Å². The molecule has 210 valence electrons. The maximum Gasteiger partial charge on any atom is 0.416 e. The summed E-state index contributed by atoms with van der Waals surface area (Å²) in [5.41, 5.74) is 1.12. The van der Waals surface area contributed by atoms with E-state index in [-0.39, 0.29) is 17.5 Å². The minimum atomic E-state index is -4.53. The number of likely N-dealkylation sites (tertiary alicyclic amines) is 1. The van der Waals surface area contributed by atoms with Crippen LogP contribution in [0.5, 0.6) is 5.06 Å². The number of likely N-dealkylation sites (N-methyl/N-ethyl adjacent to an activating group) is 1. The number of nitriles is 1. The Hall–Kier alpha value is -3.62. The van der Waals surface area contributed by atoms with Crippen LogP contribution in [0, 0.1) is 11.3 Å². The number of thiophene rings is 1. The van der Waals surface area contributed by atoms with Crippen molar-refractivity contribution in [3.63, 3.8) is 0 Å². The molecule has 0 radical (unpaired) electrons. The first kappa shape index (κ1) is 27.9. The number of hydrogen-bond donors (Lipinski definition) is 1. The zero-order valence-electron chi connectivity index (χ0n) is 22.3. The number of halogens is 3. The van der Waals surface area contributed by atoms with Gasteiger partial charge >= 0.3 is 6.18 Å². The zero-order valence-corrected chi connectivity index (χ0v) is 23.1. The molecular formula is C29H30F3N5O2S. The van der Waals surface area contributed by atoms with E-state index in [9.17, 15) is 23.2 Å². The molecule has 7 nitrogen and oxygen atoms in total. The van der Waals surface area contributed by atoms with E-state index in [4.69, 9.17) is 4.74 Å². The highest BCUT2D eigenvalue weighted by atomic mass is 32.1. The number of methoxy groups -OCH3 is 1. The molecule has 0 unspecified atom stereocenters. The van der Waals surface area contributed by atoms with Crippen molar-refractivity contribution >= 4 is 22.9 Å². The number of ether oxygens (including phenoxy) is 1. The van der Waals surface area contributed by atoms with Gasteiger partial charge in [-0.05, 0) is 74.1 Å². The summed E-state index contributed by atoms with van der Waals surface area (Å²) in [6, 6.07) is 11.0. The second-order valence-electron chi connectivity index (χ2n) is 10.4. The third-order valence-electron chi connectivity index (χ3n) is 7.97. The van der Waals surface area contributed by atoms with Crippen LogP contribution in [-0.4, -0.2) is 62.2 Å². The van der Waals surface area contributed by atoms with E-state index in [2.05, 4.69) is 15.2 Å². The molecule has 3 aromatic rings. The average molecular weight is 570 g/mol. The van der Waals surface area contributed by atoms with Crippen LogP contribution < -0.4 is 15.0 Å². The molecule has 0 saturated carbocycles. The van der Waals surface area contributed by atoms with Gasteiger partial charge in [-0.2, -0.15) is 18.4 Å². The van der Waals surface area contributed by atoms with Gasteiger partial charge in [-0.25, -0.2) is 0 Å². The first-order valence-electron chi connectivity index (χ1n) is 13.1. The summed E-state index contributed by atoms with van der Waals surface area (Å²) in [5, 5.41) is 15.6. The molecule has 0 spiro atoms. The molecule has 1 N–H and O–H groups in total. The molecule has 0 bridgehead atoms. The van der Waals surface area contributed by atoms with Crippen molar-refractivity contribution < 1.29 is 22.7 Å². The Morgan fingerprint density at radius 1 is 1.20 bits per heavy atom. The molecule has 4 heterocycles.